The minimum Gasteiger partial charge on any atom is -0.394 e. The number of benzene rings is 1. The topological polar surface area (TPSA) is 45.1 Å². The molecule has 0 fully saturated rings. The smallest absolute Gasteiger partial charge is 0.237 e. The summed E-state index contributed by atoms with van der Waals surface area (Å²) < 4.78 is 0. The fourth-order valence-corrected chi connectivity index (χ4v) is 3.59. The maximum absolute atomic E-state index is 12.0. The number of carbonyl (C=O) groups excluding carboxylic acids is 1. The van der Waals surface area contributed by atoms with Gasteiger partial charge in [-0.2, -0.15) is 0 Å². The number of amides is 1. The Hall–Kier alpha value is -1.53. The molecule has 5 nitrogen and oxygen atoms in total. The van der Waals surface area contributed by atoms with Crippen molar-refractivity contribution in [2.24, 2.45) is 5.16 Å². The fourth-order valence-electron chi connectivity index (χ4n) is 2.68. The van der Waals surface area contributed by atoms with Crippen LogP contribution in [0.1, 0.15) is 33.3 Å². The average Bonchev–Trinajstić information content (AvgIpc) is 2.61. The quantitative estimate of drug-likeness (QED) is 0.411. The Labute approximate surface area is 149 Å². The predicted octanol–water partition coefficient (Wildman–Crippen LogP) is 3.23. The van der Waals surface area contributed by atoms with Crippen LogP contribution in [0.2, 0.25) is 0 Å². The van der Waals surface area contributed by atoms with Gasteiger partial charge >= 0.3 is 0 Å². The lowest BCUT2D eigenvalue weighted by atomic mass is 10.1. The van der Waals surface area contributed by atoms with Gasteiger partial charge in [-0.05, 0) is 39.1 Å². The maximum Gasteiger partial charge on any atom is 0.237 e. The van der Waals surface area contributed by atoms with Crippen LogP contribution in [0.15, 0.2) is 28.3 Å². The van der Waals surface area contributed by atoms with Gasteiger partial charge in [0.1, 0.15) is 6.61 Å². The summed E-state index contributed by atoms with van der Waals surface area (Å²) in [5, 5.41) is 4.23. The lowest BCUT2D eigenvalue weighted by molar-refractivity contribution is -0.116. The number of rotatable bonds is 8. The van der Waals surface area contributed by atoms with Crippen molar-refractivity contribution in [1.82, 2.24) is 4.90 Å². The molecule has 0 aromatic heterocycles. The summed E-state index contributed by atoms with van der Waals surface area (Å²) >= 11 is 1.60. The zero-order chi connectivity index (χ0) is 17.5. The molecular weight excluding hydrogens is 322 g/mol. The van der Waals surface area contributed by atoms with Gasteiger partial charge in [0.2, 0.25) is 5.91 Å². The highest BCUT2D eigenvalue weighted by Gasteiger charge is 2.23. The summed E-state index contributed by atoms with van der Waals surface area (Å²) in [6.45, 7) is 12.4. The van der Waals surface area contributed by atoms with E-state index >= 15 is 0 Å². The molecule has 0 radical (unpaired) electrons. The Kier molecular flexibility index (Phi) is 7.12. The first-order chi connectivity index (χ1) is 11.6. The molecule has 0 bridgehead atoms. The van der Waals surface area contributed by atoms with Gasteiger partial charge in [-0.25, -0.2) is 0 Å². The van der Waals surface area contributed by atoms with Crippen LogP contribution in [0.4, 0.5) is 5.69 Å². The molecule has 24 heavy (non-hydrogen) atoms. The van der Waals surface area contributed by atoms with Crippen molar-refractivity contribution in [3.05, 3.63) is 23.8 Å². The van der Waals surface area contributed by atoms with Gasteiger partial charge in [-0.3, -0.25) is 4.79 Å². The standard InChI is InChI=1S/C18H27N3O2S/c1-5-20(6-2)10-11-23-19-14(4)15-8-9-17-16(12-15)21(7-3)18(22)13-24-17/h8-9,12H,5-7,10-11,13H2,1-4H3/b19-14-. The SMILES string of the molecule is CCN(CC)CCO/N=C(/C)c1ccc2c(c1)N(CC)C(=O)CS2. The Morgan fingerprint density at radius 1 is 1.33 bits per heavy atom. The number of likely N-dealkylation sites (N-methyl/N-ethyl adjacent to an activating group) is 1. The monoisotopic (exact) mass is 349 g/mol. The number of anilines is 1. The number of hydrogen-bond acceptors (Lipinski definition) is 5. The molecule has 2 rings (SSSR count). The van der Waals surface area contributed by atoms with E-state index in [1.807, 2.05) is 30.9 Å². The molecule has 1 aromatic carbocycles. The normalized spacial score (nSPS) is 15.0. The first-order valence-corrected chi connectivity index (χ1v) is 9.55. The third-order valence-corrected chi connectivity index (χ3v) is 5.28. The molecule has 0 N–H and O–H groups in total. The van der Waals surface area contributed by atoms with E-state index in [4.69, 9.17) is 4.84 Å². The molecule has 1 aliphatic heterocycles. The third-order valence-electron chi connectivity index (χ3n) is 4.23. The number of carbonyl (C=O) groups is 1. The Bertz CT molecular complexity index is 600. The summed E-state index contributed by atoms with van der Waals surface area (Å²) in [4.78, 5) is 22.8. The molecule has 0 aliphatic carbocycles. The molecular formula is C18H27N3O2S. The molecule has 0 saturated carbocycles. The van der Waals surface area contributed by atoms with Crippen molar-refractivity contribution in [3.8, 4) is 0 Å². The van der Waals surface area contributed by atoms with Gasteiger partial charge in [-0.1, -0.05) is 25.1 Å². The van der Waals surface area contributed by atoms with Crippen LogP contribution in [-0.4, -0.2) is 55.1 Å². The second-order valence-corrected chi connectivity index (χ2v) is 6.66. The fraction of sp³-hybridized carbons (Fsp3) is 0.556. The van der Waals surface area contributed by atoms with Crippen LogP contribution in [0.3, 0.4) is 0 Å². The van der Waals surface area contributed by atoms with Gasteiger partial charge in [0.05, 0.1) is 17.2 Å². The highest BCUT2D eigenvalue weighted by Crippen LogP contribution is 2.35. The molecule has 1 aromatic rings. The third kappa shape index (κ3) is 4.51. The van der Waals surface area contributed by atoms with Crippen molar-refractivity contribution in [2.75, 3.05) is 43.4 Å². The number of thioether (sulfide) groups is 1. The molecule has 0 saturated heterocycles. The van der Waals surface area contributed by atoms with E-state index < -0.39 is 0 Å². The summed E-state index contributed by atoms with van der Waals surface area (Å²) in [7, 11) is 0. The van der Waals surface area contributed by atoms with Gasteiger partial charge in [-0.15, -0.1) is 11.8 Å². The summed E-state index contributed by atoms with van der Waals surface area (Å²) in [6, 6.07) is 6.15. The van der Waals surface area contributed by atoms with E-state index in [1.54, 1.807) is 11.8 Å². The summed E-state index contributed by atoms with van der Waals surface area (Å²) in [6.07, 6.45) is 0. The summed E-state index contributed by atoms with van der Waals surface area (Å²) in [5.74, 6) is 0.680. The minimum atomic E-state index is 0.164. The number of hydrogen-bond donors (Lipinski definition) is 0. The van der Waals surface area contributed by atoms with E-state index in [0.29, 0.717) is 18.9 Å². The van der Waals surface area contributed by atoms with Crippen molar-refractivity contribution >= 4 is 29.1 Å². The zero-order valence-electron chi connectivity index (χ0n) is 15.0. The number of fused-ring (bicyclic) bond motifs is 1. The van der Waals surface area contributed by atoms with Crippen LogP contribution < -0.4 is 4.90 Å². The second-order valence-electron chi connectivity index (χ2n) is 5.65. The van der Waals surface area contributed by atoms with Gasteiger partial charge in [0.25, 0.3) is 0 Å². The maximum atomic E-state index is 12.0. The first-order valence-electron chi connectivity index (χ1n) is 8.57. The molecule has 132 valence electrons. The molecule has 0 atom stereocenters. The highest BCUT2D eigenvalue weighted by atomic mass is 32.2. The van der Waals surface area contributed by atoms with Crippen molar-refractivity contribution in [3.63, 3.8) is 0 Å². The zero-order valence-corrected chi connectivity index (χ0v) is 15.9. The molecule has 1 amide bonds. The largest absolute Gasteiger partial charge is 0.394 e. The van der Waals surface area contributed by atoms with Crippen molar-refractivity contribution in [1.29, 1.82) is 0 Å². The van der Waals surface area contributed by atoms with Crippen LogP contribution in [-0.2, 0) is 9.63 Å². The second kappa shape index (κ2) is 9.08. The van der Waals surface area contributed by atoms with Crippen molar-refractivity contribution < 1.29 is 9.63 Å². The number of nitrogens with zero attached hydrogens (tertiary/aromatic N) is 3. The Morgan fingerprint density at radius 3 is 2.75 bits per heavy atom. The Morgan fingerprint density at radius 2 is 2.08 bits per heavy atom. The van der Waals surface area contributed by atoms with E-state index in [2.05, 4.69) is 30.0 Å². The molecule has 0 spiro atoms. The molecule has 0 unspecified atom stereocenters. The predicted molar refractivity (Wildman–Crippen MR) is 101 cm³/mol. The van der Waals surface area contributed by atoms with Crippen LogP contribution >= 0.6 is 11.8 Å². The lowest BCUT2D eigenvalue weighted by Gasteiger charge is -2.28. The van der Waals surface area contributed by atoms with Crippen LogP contribution in [0.25, 0.3) is 0 Å². The molecule has 6 heteroatoms. The van der Waals surface area contributed by atoms with Gasteiger partial charge in [0.15, 0.2) is 0 Å². The summed E-state index contributed by atoms with van der Waals surface area (Å²) in [5.41, 5.74) is 2.80. The molecule has 1 heterocycles. The van der Waals surface area contributed by atoms with Gasteiger partial charge < -0.3 is 14.6 Å². The van der Waals surface area contributed by atoms with Crippen LogP contribution in [0, 0.1) is 0 Å². The first kappa shape index (κ1) is 18.8. The molecule has 1 aliphatic rings. The van der Waals surface area contributed by atoms with Crippen molar-refractivity contribution in [2.45, 2.75) is 32.6 Å². The van der Waals surface area contributed by atoms with E-state index in [-0.39, 0.29) is 5.91 Å². The van der Waals surface area contributed by atoms with E-state index in [1.165, 1.54) is 0 Å². The van der Waals surface area contributed by atoms with Gasteiger partial charge in [0, 0.05) is 23.5 Å². The number of oxime groups is 1. The lowest BCUT2D eigenvalue weighted by Crippen LogP contribution is -2.35. The average molecular weight is 350 g/mol. The van der Waals surface area contributed by atoms with Crippen LogP contribution in [0.5, 0.6) is 0 Å². The van der Waals surface area contributed by atoms with E-state index in [9.17, 15) is 4.79 Å². The van der Waals surface area contributed by atoms with E-state index in [0.717, 1.165) is 41.5 Å². The highest BCUT2D eigenvalue weighted by molar-refractivity contribution is 8.00. The Balaban J connectivity index is 2.05. The minimum absolute atomic E-state index is 0.164.